The summed E-state index contributed by atoms with van der Waals surface area (Å²) in [7, 11) is -1.04. The predicted octanol–water partition coefficient (Wildman–Crippen LogP) is 3.65. The molecule has 0 aromatic heterocycles. The summed E-state index contributed by atoms with van der Waals surface area (Å²) in [4.78, 5) is 25.4. The highest BCUT2D eigenvalue weighted by Crippen LogP contribution is 2.62. The first-order chi connectivity index (χ1) is 18.8. The molecule has 4 N–H and O–H groups in total. The molecule has 4 rings (SSSR count). The van der Waals surface area contributed by atoms with Crippen molar-refractivity contribution in [1.82, 2.24) is 0 Å². The van der Waals surface area contributed by atoms with E-state index in [1.807, 2.05) is 0 Å². The van der Waals surface area contributed by atoms with Gasteiger partial charge in [0.1, 0.15) is 17.6 Å². The SMILES string of the molecule is CC[C@]1(C)C[C@@H](OC(=O)COc2cc(CN)c3c(c2)B(O)OC3)[C@@]2(C)C[C@](CCC(C)=O)(CC[C@H]2C)[C@@H](C)[C@@H]1O. The molecule has 0 spiro atoms. The molecule has 1 heterocycles. The summed E-state index contributed by atoms with van der Waals surface area (Å²) < 4.78 is 17.5. The number of fused-ring (bicyclic) bond motifs is 3. The van der Waals surface area contributed by atoms with Gasteiger partial charge in [-0.15, -0.1) is 0 Å². The van der Waals surface area contributed by atoms with Crippen LogP contribution in [-0.2, 0) is 32.1 Å². The molecular formula is C31H48BNO7. The second-order valence-electron chi connectivity index (χ2n) is 13.4. The lowest BCUT2D eigenvalue weighted by Gasteiger charge is -2.60. The van der Waals surface area contributed by atoms with Crippen LogP contribution >= 0.6 is 0 Å². The number of aliphatic hydroxyl groups excluding tert-OH is 1. The molecule has 1 aromatic rings. The Labute approximate surface area is 239 Å². The molecule has 1 aliphatic heterocycles. The number of carbonyl (C=O) groups excluding carboxylic acids is 2. The number of carbonyl (C=O) groups is 2. The minimum absolute atomic E-state index is 0.0273. The van der Waals surface area contributed by atoms with Crippen molar-refractivity contribution >= 4 is 24.3 Å². The minimum atomic E-state index is -1.04. The summed E-state index contributed by atoms with van der Waals surface area (Å²) in [6.07, 6.45) is 4.27. The maximum Gasteiger partial charge on any atom is 0.491 e. The highest BCUT2D eigenvalue weighted by molar-refractivity contribution is 6.61. The summed E-state index contributed by atoms with van der Waals surface area (Å²) in [6.45, 7) is 12.7. The molecule has 1 aromatic carbocycles. The van der Waals surface area contributed by atoms with Gasteiger partial charge in [-0.1, -0.05) is 34.6 Å². The van der Waals surface area contributed by atoms with E-state index in [9.17, 15) is 19.7 Å². The van der Waals surface area contributed by atoms with E-state index in [0.717, 1.165) is 43.2 Å². The molecule has 2 fully saturated rings. The molecule has 222 valence electrons. The Bertz CT molecular complexity index is 1110. The second kappa shape index (κ2) is 11.7. The van der Waals surface area contributed by atoms with E-state index in [2.05, 4.69) is 34.6 Å². The second-order valence-corrected chi connectivity index (χ2v) is 13.4. The molecule has 9 heteroatoms. The molecule has 8 nitrogen and oxygen atoms in total. The summed E-state index contributed by atoms with van der Waals surface area (Å²) in [5, 5.41) is 21.9. The number of nitrogens with two attached hydrogens (primary N) is 1. The third kappa shape index (κ3) is 5.72. The van der Waals surface area contributed by atoms with Crippen LogP contribution in [0.1, 0.15) is 97.6 Å². The van der Waals surface area contributed by atoms with Crippen molar-refractivity contribution in [2.75, 3.05) is 6.61 Å². The van der Waals surface area contributed by atoms with Crippen LogP contribution in [0.3, 0.4) is 0 Å². The van der Waals surface area contributed by atoms with E-state index < -0.39 is 30.7 Å². The first-order valence-corrected chi connectivity index (χ1v) is 14.9. The summed E-state index contributed by atoms with van der Waals surface area (Å²) >= 11 is 0. The van der Waals surface area contributed by atoms with Gasteiger partial charge in [0.05, 0.1) is 12.7 Å². The number of ether oxygens (including phenoxy) is 2. The van der Waals surface area contributed by atoms with Gasteiger partial charge in [-0.05, 0) is 96.8 Å². The van der Waals surface area contributed by atoms with E-state index >= 15 is 0 Å². The smallest absolute Gasteiger partial charge is 0.482 e. The number of aliphatic hydroxyl groups is 1. The van der Waals surface area contributed by atoms with Crippen molar-refractivity contribution in [3.8, 4) is 5.75 Å². The number of Topliss-reactive ketones (excluding diaryl/α,β-unsaturated/α-hetero) is 1. The Morgan fingerprint density at radius 1 is 1.25 bits per heavy atom. The minimum Gasteiger partial charge on any atom is -0.482 e. The molecular weight excluding hydrogens is 509 g/mol. The molecule has 0 radical (unpaired) electrons. The fourth-order valence-electron chi connectivity index (χ4n) is 7.76. The van der Waals surface area contributed by atoms with Crippen LogP contribution < -0.4 is 15.9 Å². The van der Waals surface area contributed by atoms with Crippen molar-refractivity contribution in [3.05, 3.63) is 23.3 Å². The van der Waals surface area contributed by atoms with Crippen molar-refractivity contribution in [1.29, 1.82) is 0 Å². The number of ketones is 1. The molecule has 7 atom stereocenters. The van der Waals surface area contributed by atoms with Crippen LogP contribution in [-0.4, -0.2) is 47.8 Å². The van der Waals surface area contributed by atoms with Crippen molar-refractivity contribution in [2.24, 2.45) is 33.8 Å². The van der Waals surface area contributed by atoms with E-state index in [1.165, 1.54) is 0 Å². The Balaban J connectivity index is 1.58. The number of benzene rings is 1. The molecule has 40 heavy (non-hydrogen) atoms. The first kappa shape index (κ1) is 31.0. The summed E-state index contributed by atoms with van der Waals surface area (Å²) in [5.41, 5.74) is 7.23. The molecule has 2 bridgehead atoms. The lowest BCUT2D eigenvalue weighted by atomic mass is 9.47. The number of hydrogen-bond donors (Lipinski definition) is 3. The number of esters is 1. The van der Waals surface area contributed by atoms with Crippen LogP contribution in [0, 0.1) is 28.1 Å². The predicted molar refractivity (Wildman–Crippen MR) is 154 cm³/mol. The van der Waals surface area contributed by atoms with E-state index in [4.69, 9.17) is 19.9 Å². The van der Waals surface area contributed by atoms with Crippen molar-refractivity contribution < 1.29 is 33.8 Å². The summed E-state index contributed by atoms with van der Waals surface area (Å²) in [6, 6.07) is 3.47. The van der Waals surface area contributed by atoms with Gasteiger partial charge in [-0.2, -0.15) is 0 Å². The number of hydrogen-bond acceptors (Lipinski definition) is 8. The van der Waals surface area contributed by atoms with Gasteiger partial charge in [0.15, 0.2) is 6.61 Å². The van der Waals surface area contributed by atoms with Gasteiger partial charge in [0.25, 0.3) is 0 Å². The quantitative estimate of drug-likeness (QED) is 0.310. The Morgan fingerprint density at radius 3 is 2.62 bits per heavy atom. The van der Waals surface area contributed by atoms with Gasteiger partial charge >= 0.3 is 13.1 Å². The van der Waals surface area contributed by atoms with Crippen LogP contribution in [0.15, 0.2) is 12.1 Å². The van der Waals surface area contributed by atoms with E-state index in [-0.39, 0.29) is 35.7 Å². The van der Waals surface area contributed by atoms with Crippen LogP contribution in [0.2, 0.25) is 0 Å². The van der Waals surface area contributed by atoms with Crippen LogP contribution in [0.5, 0.6) is 5.75 Å². The normalized spacial score (nSPS) is 35.5. The van der Waals surface area contributed by atoms with Gasteiger partial charge in [0.2, 0.25) is 0 Å². The highest BCUT2D eigenvalue weighted by atomic mass is 16.6. The van der Waals surface area contributed by atoms with Gasteiger partial charge in [0, 0.05) is 18.4 Å². The first-order valence-electron chi connectivity index (χ1n) is 14.9. The van der Waals surface area contributed by atoms with Crippen molar-refractivity contribution in [3.63, 3.8) is 0 Å². The zero-order valence-electron chi connectivity index (χ0n) is 25.1. The topological polar surface area (TPSA) is 128 Å². The zero-order chi connectivity index (χ0) is 29.5. The highest BCUT2D eigenvalue weighted by Gasteiger charge is 2.59. The Morgan fingerprint density at radius 2 is 1.98 bits per heavy atom. The molecule has 3 aliphatic rings. The van der Waals surface area contributed by atoms with E-state index in [0.29, 0.717) is 36.6 Å². The maximum absolute atomic E-state index is 13.3. The standard InChI is InChI=1S/C31H48BNO7/c1-7-29(5)14-26(30(6)18-31(10-8-19(30)2,11-9-20(3)34)21(4)28(29)36)40-27(35)17-38-23-12-22(15-33)24-16-39-32(37)25(24)13-23/h12-13,19,21,26,28,36-37H,7-11,14-18,33H2,1-6H3/t19-,21+,26-,28+,29-,30+,31-/m1/s1. The molecule has 0 amide bonds. The fraction of sp³-hybridized carbons (Fsp3) is 0.742. The monoisotopic (exact) mass is 557 g/mol. The average Bonchev–Trinajstić information content (AvgIpc) is 3.30. The van der Waals surface area contributed by atoms with E-state index in [1.54, 1.807) is 19.1 Å². The fourth-order valence-corrected chi connectivity index (χ4v) is 7.76. The largest absolute Gasteiger partial charge is 0.491 e. The zero-order valence-corrected chi connectivity index (χ0v) is 25.1. The molecule has 2 saturated carbocycles. The number of rotatable bonds is 9. The van der Waals surface area contributed by atoms with Crippen LogP contribution in [0.25, 0.3) is 0 Å². The summed E-state index contributed by atoms with van der Waals surface area (Å²) in [5.74, 6) is 0.471. The lowest BCUT2D eigenvalue weighted by Crippen LogP contribution is -2.58. The maximum atomic E-state index is 13.3. The van der Waals surface area contributed by atoms with Crippen molar-refractivity contribution in [2.45, 2.75) is 112 Å². The third-order valence-corrected chi connectivity index (χ3v) is 11.1. The average molecular weight is 558 g/mol. The lowest BCUT2D eigenvalue weighted by molar-refractivity contribution is -0.196. The van der Waals surface area contributed by atoms with Crippen LogP contribution in [0.4, 0.5) is 0 Å². The molecule has 0 saturated heterocycles. The van der Waals surface area contributed by atoms with Gasteiger partial charge < -0.3 is 34.8 Å². The van der Waals surface area contributed by atoms with Gasteiger partial charge in [-0.3, -0.25) is 0 Å². The third-order valence-electron chi connectivity index (χ3n) is 11.1. The molecule has 2 aliphatic carbocycles. The Kier molecular flexibility index (Phi) is 9.11. The van der Waals surface area contributed by atoms with Gasteiger partial charge in [-0.25, -0.2) is 4.79 Å². The Hall–Kier alpha value is -1.94. The molecule has 0 unspecified atom stereocenters.